The number of hydrogen-bond donors (Lipinski definition) is 2. The first-order valence-corrected chi connectivity index (χ1v) is 15.3. The Morgan fingerprint density at radius 2 is 2.00 bits per heavy atom. The molecule has 10 nitrogen and oxygen atoms in total. The molecule has 0 bridgehead atoms. The summed E-state index contributed by atoms with van der Waals surface area (Å²) in [5.41, 5.74) is 1.67. The zero-order valence-electron chi connectivity index (χ0n) is 21.8. The lowest BCUT2D eigenvalue weighted by Crippen LogP contribution is -2.42. The van der Waals surface area contributed by atoms with Gasteiger partial charge in [0.2, 0.25) is 16.0 Å². The summed E-state index contributed by atoms with van der Waals surface area (Å²) in [4.78, 5) is 13.5. The highest BCUT2D eigenvalue weighted by molar-refractivity contribution is 7.90. The molecular formula is C26H32ClFN6O4S. The lowest BCUT2D eigenvalue weighted by atomic mass is 10.1. The van der Waals surface area contributed by atoms with Crippen molar-refractivity contribution in [2.24, 2.45) is 0 Å². The number of aromatic nitrogens is 4. The monoisotopic (exact) mass is 578 g/mol. The van der Waals surface area contributed by atoms with Gasteiger partial charge in [0.05, 0.1) is 46.4 Å². The number of sulfonamides is 1. The fourth-order valence-electron chi connectivity index (χ4n) is 5.58. The Balaban J connectivity index is 1.36. The van der Waals surface area contributed by atoms with Crippen LogP contribution in [-0.2, 0) is 14.8 Å². The zero-order chi connectivity index (χ0) is 27.5. The van der Waals surface area contributed by atoms with Crippen molar-refractivity contribution in [3.05, 3.63) is 35.0 Å². The maximum atomic E-state index is 15.6. The first-order chi connectivity index (χ1) is 18.6. The minimum atomic E-state index is -3.28. The lowest BCUT2D eigenvalue weighted by Gasteiger charge is -2.28. The molecule has 0 radical (unpaired) electrons. The summed E-state index contributed by atoms with van der Waals surface area (Å²) in [5.74, 6) is 0.337. The van der Waals surface area contributed by atoms with Gasteiger partial charge < -0.3 is 19.7 Å². The van der Waals surface area contributed by atoms with E-state index in [-0.39, 0.29) is 46.3 Å². The van der Waals surface area contributed by atoms with Crippen LogP contribution in [0.3, 0.4) is 0 Å². The Morgan fingerprint density at radius 1 is 1.21 bits per heavy atom. The minimum absolute atomic E-state index is 0.0400. The second-order valence-corrected chi connectivity index (χ2v) is 13.5. The van der Waals surface area contributed by atoms with E-state index in [1.54, 1.807) is 4.31 Å². The average molecular weight is 579 g/mol. The second-order valence-electron chi connectivity index (χ2n) is 10.9. The average Bonchev–Trinajstić information content (AvgIpc) is 3.51. The van der Waals surface area contributed by atoms with Gasteiger partial charge in [-0.05, 0) is 51.7 Å². The molecule has 4 heterocycles. The summed E-state index contributed by atoms with van der Waals surface area (Å²) in [6.07, 6.45) is 3.45. The van der Waals surface area contributed by atoms with E-state index in [1.165, 1.54) is 12.3 Å². The number of aliphatic hydroxyl groups excluding tert-OH is 1. The molecular weight excluding hydrogens is 547 g/mol. The second kappa shape index (κ2) is 10.2. The van der Waals surface area contributed by atoms with Crippen molar-refractivity contribution in [2.75, 3.05) is 31.6 Å². The molecule has 0 amide bonds. The van der Waals surface area contributed by atoms with E-state index in [9.17, 15) is 13.5 Å². The molecule has 39 heavy (non-hydrogen) atoms. The van der Waals surface area contributed by atoms with Crippen LogP contribution in [0.15, 0.2) is 18.3 Å². The normalized spacial score (nSPS) is 24.6. The van der Waals surface area contributed by atoms with Gasteiger partial charge in [0.25, 0.3) is 0 Å². The summed E-state index contributed by atoms with van der Waals surface area (Å²) in [7, 11) is -3.28. The van der Waals surface area contributed by atoms with Crippen LogP contribution < -0.4 is 5.32 Å². The summed E-state index contributed by atoms with van der Waals surface area (Å²) >= 11 is 6.48. The molecule has 0 spiro atoms. The van der Waals surface area contributed by atoms with Crippen LogP contribution in [0.2, 0.25) is 5.02 Å². The van der Waals surface area contributed by atoms with E-state index in [0.717, 1.165) is 12.8 Å². The number of rotatable bonds is 7. The van der Waals surface area contributed by atoms with Gasteiger partial charge in [0, 0.05) is 37.2 Å². The van der Waals surface area contributed by atoms with Gasteiger partial charge in [-0.15, -0.1) is 0 Å². The largest absolute Gasteiger partial charge is 0.389 e. The van der Waals surface area contributed by atoms with Crippen LogP contribution >= 0.6 is 11.6 Å². The molecule has 2 aromatic heterocycles. The van der Waals surface area contributed by atoms with Crippen LogP contribution in [0.4, 0.5) is 10.3 Å². The van der Waals surface area contributed by atoms with Gasteiger partial charge in [-0.1, -0.05) is 11.6 Å². The molecule has 0 unspecified atom stereocenters. The van der Waals surface area contributed by atoms with Crippen molar-refractivity contribution < 1.29 is 22.7 Å². The van der Waals surface area contributed by atoms with Crippen LogP contribution in [0.1, 0.15) is 57.3 Å². The third-order valence-electron chi connectivity index (χ3n) is 7.77. The lowest BCUT2D eigenvalue weighted by molar-refractivity contribution is -0.0136. The Hall–Kier alpha value is -2.38. The number of imidazole rings is 1. The number of nitrogens with zero attached hydrogens (tertiary/aromatic N) is 5. The fraction of sp³-hybridized carbons (Fsp3) is 0.577. The van der Waals surface area contributed by atoms with Gasteiger partial charge >= 0.3 is 0 Å². The standard InChI is InChI=1S/C26H32ClFN6O4S/c1-14(2)34-21-10-16(23-18(27)11-29-26(32-23)30-20-6-8-38-13-22(20)35)9-19(28)24(21)31-25(34)15-5-7-33(12-15)39(36,37)17-3-4-17/h9-11,14-15,17,20,22,35H,3-8,12-13H2,1-2H3,(H,29,30,32)/t15-,20+,22+/m0/s1. The summed E-state index contributed by atoms with van der Waals surface area (Å²) in [6.45, 7) is 5.56. The molecule has 6 rings (SSSR count). The van der Waals surface area contributed by atoms with Gasteiger partial charge in [-0.2, -0.15) is 0 Å². The molecule has 1 aromatic carbocycles. The molecule has 3 aliphatic rings. The number of benzene rings is 1. The molecule has 3 aromatic rings. The van der Waals surface area contributed by atoms with Gasteiger partial charge in [0.15, 0.2) is 5.82 Å². The zero-order valence-corrected chi connectivity index (χ0v) is 23.4. The van der Waals surface area contributed by atoms with Gasteiger partial charge in [-0.25, -0.2) is 32.1 Å². The van der Waals surface area contributed by atoms with Crippen molar-refractivity contribution in [1.82, 2.24) is 23.8 Å². The van der Waals surface area contributed by atoms with E-state index in [4.69, 9.17) is 21.3 Å². The minimum Gasteiger partial charge on any atom is -0.389 e. The van der Waals surface area contributed by atoms with Crippen LogP contribution in [0, 0.1) is 5.82 Å². The molecule has 1 aliphatic carbocycles. The predicted octanol–water partition coefficient (Wildman–Crippen LogP) is 3.71. The number of aliphatic hydroxyl groups is 1. The molecule has 210 valence electrons. The van der Waals surface area contributed by atoms with Gasteiger partial charge in [-0.3, -0.25) is 0 Å². The smallest absolute Gasteiger partial charge is 0.223 e. The van der Waals surface area contributed by atoms with E-state index in [0.29, 0.717) is 55.1 Å². The SMILES string of the molecule is CC(C)n1c([C@H]2CCN(S(=O)(=O)C3CC3)C2)nc2c(F)cc(-c3nc(N[C@@H]4CCOC[C@H]4O)ncc3Cl)cc21. The van der Waals surface area contributed by atoms with E-state index in [1.807, 2.05) is 24.5 Å². The van der Waals surface area contributed by atoms with Crippen molar-refractivity contribution in [1.29, 1.82) is 0 Å². The molecule has 2 saturated heterocycles. The molecule has 2 N–H and O–H groups in total. The quantitative estimate of drug-likeness (QED) is 0.435. The van der Waals surface area contributed by atoms with Crippen LogP contribution in [0.5, 0.6) is 0 Å². The first-order valence-electron chi connectivity index (χ1n) is 13.4. The maximum absolute atomic E-state index is 15.6. The van der Waals surface area contributed by atoms with Gasteiger partial charge in [0.1, 0.15) is 11.3 Å². The number of halogens is 2. The molecule has 1 saturated carbocycles. The first kappa shape index (κ1) is 26.8. The van der Waals surface area contributed by atoms with Crippen LogP contribution in [-0.4, -0.2) is 81.0 Å². The molecule has 2 aliphatic heterocycles. The topological polar surface area (TPSA) is 122 Å². The number of anilines is 1. The summed E-state index contributed by atoms with van der Waals surface area (Å²) in [6, 6.07) is 2.88. The number of nitrogens with one attached hydrogen (secondary N) is 1. The van der Waals surface area contributed by atoms with Crippen LogP contribution in [0.25, 0.3) is 22.3 Å². The predicted molar refractivity (Wildman–Crippen MR) is 146 cm³/mol. The number of hydrogen-bond acceptors (Lipinski definition) is 8. The Bertz CT molecular complexity index is 1510. The molecule has 3 atom stereocenters. The van der Waals surface area contributed by atoms with E-state index < -0.39 is 21.9 Å². The van der Waals surface area contributed by atoms with Crippen molar-refractivity contribution in [3.63, 3.8) is 0 Å². The van der Waals surface area contributed by atoms with E-state index in [2.05, 4.69) is 15.3 Å². The summed E-state index contributed by atoms with van der Waals surface area (Å²) in [5, 5.41) is 13.4. The Kier molecular flexibility index (Phi) is 7.03. The third-order valence-corrected chi connectivity index (χ3v) is 10.4. The molecule has 13 heteroatoms. The van der Waals surface area contributed by atoms with Crippen molar-refractivity contribution in [3.8, 4) is 11.3 Å². The maximum Gasteiger partial charge on any atom is 0.223 e. The van der Waals surface area contributed by atoms with Crippen molar-refractivity contribution >= 4 is 38.6 Å². The Morgan fingerprint density at radius 3 is 2.72 bits per heavy atom. The summed E-state index contributed by atoms with van der Waals surface area (Å²) < 4.78 is 50.1. The van der Waals surface area contributed by atoms with E-state index >= 15 is 4.39 Å². The highest BCUT2D eigenvalue weighted by Gasteiger charge is 2.44. The molecule has 3 fully saturated rings. The third kappa shape index (κ3) is 5.01. The Labute approximate surface area is 231 Å². The highest BCUT2D eigenvalue weighted by atomic mass is 35.5. The highest BCUT2D eigenvalue weighted by Crippen LogP contribution is 2.39. The fourth-order valence-corrected chi connectivity index (χ4v) is 7.68. The number of fused-ring (bicyclic) bond motifs is 1. The van der Waals surface area contributed by atoms with Crippen molar-refractivity contribution in [2.45, 2.75) is 68.9 Å². The number of ether oxygens (including phenoxy) is 1.